The Morgan fingerprint density at radius 3 is 2.41 bits per heavy atom. The molecule has 2 rings (SSSR count). The van der Waals surface area contributed by atoms with Crippen molar-refractivity contribution < 1.29 is 14.6 Å². The maximum absolute atomic E-state index is 11.3. The maximum atomic E-state index is 11.3. The van der Waals surface area contributed by atoms with Crippen LogP contribution in [-0.4, -0.2) is 29.2 Å². The number of carbonyl (C=O) groups excluding carboxylic acids is 1. The summed E-state index contributed by atoms with van der Waals surface area (Å²) in [5, 5.41) is 9.36. The highest BCUT2D eigenvalue weighted by molar-refractivity contribution is 5.85. The largest absolute Gasteiger partial charge is 0.493 e. The first kappa shape index (κ1) is 20.2. The summed E-state index contributed by atoms with van der Waals surface area (Å²) in [5.41, 5.74) is 8.49. The van der Waals surface area contributed by atoms with Gasteiger partial charge in [-0.1, -0.05) is 24.3 Å². The molecule has 0 bridgehead atoms. The highest BCUT2D eigenvalue weighted by Crippen LogP contribution is 2.22. The molecule has 1 aromatic heterocycles. The van der Waals surface area contributed by atoms with Crippen LogP contribution < -0.4 is 5.73 Å². The summed E-state index contributed by atoms with van der Waals surface area (Å²) in [6.07, 6.45) is 1.97. The fourth-order valence-corrected chi connectivity index (χ4v) is 1.92. The van der Waals surface area contributed by atoms with E-state index in [2.05, 4.69) is 9.72 Å². The summed E-state index contributed by atoms with van der Waals surface area (Å²) < 4.78 is 4.59. The Morgan fingerprint density at radius 2 is 1.86 bits per heavy atom. The van der Waals surface area contributed by atoms with E-state index in [0.717, 1.165) is 16.7 Å². The average molecular weight is 345 g/mol. The Kier molecular flexibility index (Phi) is 8.48. The minimum atomic E-state index is -0.657. The van der Waals surface area contributed by atoms with Gasteiger partial charge < -0.3 is 15.6 Å². The molecular weight excluding hydrogens is 327 g/mol. The van der Waals surface area contributed by atoms with E-state index in [4.69, 9.17) is 5.73 Å². The van der Waals surface area contributed by atoms with Crippen LogP contribution in [0.4, 0.5) is 0 Å². The van der Waals surface area contributed by atoms with Crippen molar-refractivity contribution in [2.24, 2.45) is 5.73 Å². The van der Waals surface area contributed by atoms with E-state index in [9.17, 15) is 9.90 Å². The van der Waals surface area contributed by atoms with Crippen LogP contribution in [0.1, 0.15) is 5.56 Å². The molecule has 5 nitrogen and oxygen atoms in total. The Labute approximate surface area is 141 Å². The van der Waals surface area contributed by atoms with Crippen LogP contribution >= 0.6 is 24.8 Å². The molecule has 2 aromatic rings. The standard InChI is InChI=1S/C15H16N2O3.2ClH/c1-20-15(19)13(16)8-10-2-4-11(5-3-10)12-6-7-17-14(18)9-12;;/h2-7,9,13H,8,16H2,1H3,(H,17,18);2*1H/t13-;;/m0../s1. The van der Waals surface area contributed by atoms with Crippen LogP contribution in [0.15, 0.2) is 42.6 Å². The summed E-state index contributed by atoms with van der Waals surface area (Å²) in [6.45, 7) is 0. The molecule has 120 valence electrons. The van der Waals surface area contributed by atoms with Crippen molar-refractivity contribution in [3.8, 4) is 17.0 Å². The minimum Gasteiger partial charge on any atom is -0.493 e. The molecule has 0 amide bonds. The number of aromatic nitrogens is 1. The zero-order valence-electron chi connectivity index (χ0n) is 11.9. The molecule has 3 N–H and O–H groups in total. The van der Waals surface area contributed by atoms with E-state index in [1.165, 1.54) is 7.11 Å². The first-order valence-corrected chi connectivity index (χ1v) is 6.18. The molecule has 0 saturated carbocycles. The SMILES string of the molecule is COC(=O)[C@@H](N)Cc1ccc(-c2ccnc(O)c2)cc1.Cl.Cl. The van der Waals surface area contributed by atoms with E-state index in [1.807, 2.05) is 30.3 Å². The predicted molar refractivity (Wildman–Crippen MR) is 89.5 cm³/mol. The number of hydrogen-bond donors (Lipinski definition) is 2. The second-order valence-electron chi connectivity index (χ2n) is 4.43. The number of nitrogens with zero attached hydrogens (tertiary/aromatic N) is 1. The van der Waals surface area contributed by atoms with Gasteiger partial charge in [0.25, 0.3) is 0 Å². The summed E-state index contributed by atoms with van der Waals surface area (Å²) in [7, 11) is 1.32. The smallest absolute Gasteiger partial charge is 0.322 e. The molecule has 1 aromatic carbocycles. The number of methoxy groups -OCH3 is 1. The first-order chi connectivity index (χ1) is 9.60. The molecule has 0 spiro atoms. The Hall–Kier alpha value is -1.82. The zero-order chi connectivity index (χ0) is 14.5. The monoisotopic (exact) mass is 344 g/mol. The topological polar surface area (TPSA) is 85.4 Å². The van der Waals surface area contributed by atoms with Gasteiger partial charge in [0, 0.05) is 12.3 Å². The molecule has 1 atom stereocenters. The fourth-order valence-electron chi connectivity index (χ4n) is 1.92. The van der Waals surface area contributed by atoms with Gasteiger partial charge in [0.05, 0.1) is 7.11 Å². The fraction of sp³-hybridized carbons (Fsp3) is 0.200. The van der Waals surface area contributed by atoms with Crippen molar-refractivity contribution >= 4 is 30.8 Å². The third-order valence-electron chi connectivity index (χ3n) is 2.99. The van der Waals surface area contributed by atoms with Gasteiger partial charge in [0.2, 0.25) is 5.88 Å². The number of esters is 1. The molecule has 0 aliphatic rings. The summed E-state index contributed by atoms with van der Waals surface area (Å²) in [4.78, 5) is 15.0. The molecule has 1 heterocycles. The van der Waals surface area contributed by atoms with E-state index in [0.29, 0.717) is 6.42 Å². The average Bonchev–Trinajstić information content (AvgIpc) is 2.47. The number of hydrogen-bond acceptors (Lipinski definition) is 5. The lowest BCUT2D eigenvalue weighted by atomic mass is 10.0. The predicted octanol–water partition coefficient (Wildman–Crippen LogP) is 2.34. The number of halogens is 2. The summed E-state index contributed by atoms with van der Waals surface area (Å²) in [6, 6.07) is 10.4. The molecule has 7 heteroatoms. The van der Waals surface area contributed by atoms with Crippen LogP contribution in [0.5, 0.6) is 5.88 Å². The van der Waals surface area contributed by atoms with Crippen molar-refractivity contribution in [3.63, 3.8) is 0 Å². The number of ether oxygens (including phenoxy) is 1. The van der Waals surface area contributed by atoms with Crippen LogP contribution in [0, 0.1) is 0 Å². The van der Waals surface area contributed by atoms with Crippen LogP contribution in [-0.2, 0) is 16.0 Å². The van der Waals surface area contributed by atoms with Gasteiger partial charge in [-0.15, -0.1) is 24.8 Å². The molecule has 0 aliphatic carbocycles. The minimum absolute atomic E-state index is 0. The van der Waals surface area contributed by atoms with Gasteiger partial charge in [0.15, 0.2) is 0 Å². The van der Waals surface area contributed by atoms with Crippen molar-refractivity contribution in [1.82, 2.24) is 4.98 Å². The highest BCUT2D eigenvalue weighted by Gasteiger charge is 2.14. The lowest BCUT2D eigenvalue weighted by Crippen LogP contribution is -2.33. The van der Waals surface area contributed by atoms with Gasteiger partial charge in [-0.25, -0.2) is 4.98 Å². The van der Waals surface area contributed by atoms with Crippen LogP contribution in [0.25, 0.3) is 11.1 Å². The first-order valence-electron chi connectivity index (χ1n) is 6.18. The van der Waals surface area contributed by atoms with E-state index in [1.54, 1.807) is 12.3 Å². The number of pyridine rings is 1. The Balaban J connectivity index is 0.00000220. The number of benzene rings is 1. The second kappa shape index (κ2) is 9.25. The normalized spacial score (nSPS) is 10.8. The highest BCUT2D eigenvalue weighted by atomic mass is 35.5. The van der Waals surface area contributed by atoms with Gasteiger partial charge >= 0.3 is 5.97 Å². The second-order valence-corrected chi connectivity index (χ2v) is 4.43. The molecule has 0 radical (unpaired) electrons. The zero-order valence-corrected chi connectivity index (χ0v) is 13.6. The van der Waals surface area contributed by atoms with Crippen molar-refractivity contribution in [3.05, 3.63) is 48.2 Å². The van der Waals surface area contributed by atoms with Gasteiger partial charge in [-0.05, 0) is 29.2 Å². The van der Waals surface area contributed by atoms with Crippen LogP contribution in [0.3, 0.4) is 0 Å². The van der Waals surface area contributed by atoms with Crippen molar-refractivity contribution in [2.75, 3.05) is 7.11 Å². The number of rotatable bonds is 4. The number of carbonyl (C=O) groups is 1. The van der Waals surface area contributed by atoms with Crippen molar-refractivity contribution in [1.29, 1.82) is 0 Å². The molecule has 0 fully saturated rings. The van der Waals surface area contributed by atoms with Gasteiger partial charge in [-0.2, -0.15) is 0 Å². The van der Waals surface area contributed by atoms with Gasteiger partial charge in [0.1, 0.15) is 6.04 Å². The molecule has 0 aliphatic heterocycles. The Bertz CT molecular complexity index is 606. The summed E-state index contributed by atoms with van der Waals surface area (Å²) >= 11 is 0. The quantitative estimate of drug-likeness (QED) is 0.831. The molecule has 22 heavy (non-hydrogen) atoms. The lowest BCUT2D eigenvalue weighted by Gasteiger charge is -2.09. The van der Waals surface area contributed by atoms with E-state index < -0.39 is 12.0 Å². The maximum Gasteiger partial charge on any atom is 0.322 e. The Morgan fingerprint density at radius 1 is 1.23 bits per heavy atom. The van der Waals surface area contributed by atoms with Crippen LogP contribution in [0.2, 0.25) is 0 Å². The number of aromatic hydroxyl groups is 1. The van der Waals surface area contributed by atoms with E-state index >= 15 is 0 Å². The third kappa shape index (κ3) is 5.18. The summed E-state index contributed by atoms with van der Waals surface area (Å²) in [5.74, 6) is -0.438. The van der Waals surface area contributed by atoms with Crippen molar-refractivity contribution in [2.45, 2.75) is 12.5 Å². The van der Waals surface area contributed by atoms with E-state index in [-0.39, 0.29) is 30.7 Å². The lowest BCUT2D eigenvalue weighted by molar-refractivity contribution is -0.142. The molecule has 0 saturated heterocycles. The molecule has 0 unspecified atom stereocenters. The number of nitrogens with two attached hydrogens (primary N) is 1. The van der Waals surface area contributed by atoms with Gasteiger partial charge in [-0.3, -0.25) is 4.79 Å². The molecular formula is C15H18Cl2N2O3. The third-order valence-corrected chi connectivity index (χ3v) is 2.99.